The lowest BCUT2D eigenvalue weighted by Crippen LogP contribution is -2.45. The number of hydrogen-bond acceptors (Lipinski definition) is 6. The second-order valence-electron chi connectivity index (χ2n) is 6.47. The summed E-state index contributed by atoms with van der Waals surface area (Å²) in [7, 11) is 1.78. The van der Waals surface area contributed by atoms with Gasteiger partial charge in [-0.05, 0) is 38.7 Å². The first-order chi connectivity index (χ1) is 11.2. The molecule has 1 saturated heterocycles. The fourth-order valence-corrected chi connectivity index (χ4v) is 3.58. The molecule has 2 aliphatic rings. The number of rotatable bonds is 5. The molecule has 0 radical (unpaired) electrons. The highest BCUT2D eigenvalue weighted by molar-refractivity contribution is 5.43. The van der Waals surface area contributed by atoms with E-state index in [1.165, 1.54) is 31.3 Å². The summed E-state index contributed by atoms with van der Waals surface area (Å²) in [6.45, 7) is 3.94. The van der Waals surface area contributed by atoms with E-state index in [1.807, 2.05) is 6.07 Å². The maximum atomic E-state index is 5.70. The Hall–Kier alpha value is -1.66. The second-order valence-corrected chi connectivity index (χ2v) is 6.47. The molecule has 0 bridgehead atoms. The molecule has 1 aromatic heterocycles. The Bertz CT molecular complexity index is 562. The summed E-state index contributed by atoms with van der Waals surface area (Å²) in [4.78, 5) is 10.5. The predicted molar refractivity (Wildman–Crippen MR) is 92.4 cm³/mol. The normalized spacial score (nSPS) is 26.2. The van der Waals surface area contributed by atoms with Gasteiger partial charge < -0.3 is 20.7 Å². The Morgan fingerprint density at radius 3 is 2.96 bits per heavy atom. The number of allylic oxidation sites excluding steroid dienone is 1. The third-order valence-corrected chi connectivity index (χ3v) is 4.90. The van der Waals surface area contributed by atoms with Crippen molar-refractivity contribution >= 4 is 11.8 Å². The first-order valence-electron chi connectivity index (χ1n) is 8.48. The van der Waals surface area contributed by atoms with Gasteiger partial charge in [-0.3, -0.25) is 0 Å². The van der Waals surface area contributed by atoms with Crippen LogP contribution < -0.4 is 16.0 Å². The van der Waals surface area contributed by atoms with Crippen LogP contribution in [-0.2, 0) is 4.74 Å². The smallest absolute Gasteiger partial charge is 0.221 e. The van der Waals surface area contributed by atoms with E-state index in [-0.39, 0.29) is 12.1 Å². The summed E-state index contributed by atoms with van der Waals surface area (Å²) in [5.41, 5.74) is 7.24. The van der Waals surface area contributed by atoms with Crippen molar-refractivity contribution in [3.05, 3.63) is 23.9 Å². The molecular weight excluding hydrogens is 290 g/mol. The van der Waals surface area contributed by atoms with Crippen LogP contribution in [0.3, 0.4) is 0 Å². The first-order valence-corrected chi connectivity index (χ1v) is 8.48. The average Bonchev–Trinajstić information content (AvgIpc) is 2.98. The molecule has 0 aromatic carbocycles. The largest absolute Gasteiger partial charge is 0.378 e. The SMILES string of the molecule is CO[C@@H]1CN(c2ccnc(N)n2)C[C@@H]1NC(C)C1=CCCCC1. The lowest BCUT2D eigenvalue weighted by molar-refractivity contribution is 0.0950. The number of methoxy groups -OCH3 is 1. The van der Waals surface area contributed by atoms with Crippen molar-refractivity contribution in [2.45, 2.75) is 50.8 Å². The third-order valence-electron chi connectivity index (χ3n) is 4.90. The Balaban J connectivity index is 1.66. The number of anilines is 2. The maximum absolute atomic E-state index is 5.70. The Morgan fingerprint density at radius 1 is 1.39 bits per heavy atom. The maximum Gasteiger partial charge on any atom is 0.221 e. The molecule has 1 unspecified atom stereocenters. The van der Waals surface area contributed by atoms with E-state index in [0.29, 0.717) is 12.0 Å². The number of nitrogens with two attached hydrogens (primary N) is 1. The second kappa shape index (κ2) is 7.27. The molecule has 0 spiro atoms. The highest BCUT2D eigenvalue weighted by Crippen LogP contribution is 2.24. The number of nitrogens with one attached hydrogen (secondary N) is 1. The molecule has 1 aromatic rings. The van der Waals surface area contributed by atoms with Gasteiger partial charge in [0.15, 0.2) is 0 Å². The summed E-state index contributed by atoms with van der Waals surface area (Å²) in [5, 5.41) is 3.75. The Labute approximate surface area is 138 Å². The van der Waals surface area contributed by atoms with Crippen molar-refractivity contribution in [2.75, 3.05) is 30.8 Å². The van der Waals surface area contributed by atoms with Gasteiger partial charge in [-0.1, -0.05) is 11.6 Å². The summed E-state index contributed by atoms with van der Waals surface area (Å²) >= 11 is 0. The zero-order valence-corrected chi connectivity index (χ0v) is 14.0. The molecule has 3 rings (SSSR count). The first kappa shape index (κ1) is 16.2. The molecule has 126 valence electrons. The standard InChI is InChI=1S/C17H27N5O/c1-12(13-6-4-3-5-7-13)20-14-10-22(11-15(14)23-2)16-8-9-19-17(18)21-16/h6,8-9,12,14-15,20H,3-5,7,10-11H2,1-2H3,(H2,18,19,21)/t12?,14-,15+/m0/s1. The van der Waals surface area contributed by atoms with Crippen LogP contribution in [0.5, 0.6) is 0 Å². The number of ether oxygens (including phenoxy) is 1. The van der Waals surface area contributed by atoms with Crippen LogP contribution in [0.25, 0.3) is 0 Å². The molecule has 1 fully saturated rings. The zero-order chi connectivity index (χ0) is 16.2. The highest BCUT2D eigenvalue weighted by Gasteiger charge is 2.34. The van der Waals surface area contributed by atoms with Crippen LogP contribution in [0.15, 0.2) is 23.9 Å². The molecule has 1 aliphatic carbocycles. The zero-order valence-electron chi connectivity index (χ0n) is 14.0. The van der Waals surface area contributed by atoms with Gasteiger partial charge in [0.1, 0.15) is 5.82 Å². The number of hydrogen-bond donors (Lipinski definition) is 2. The highest BCUT2D eigenvalue weighted by atomic mass is 16.5. The third kappa shape index (κ3) is 3.82. The molecule has 0 amide bonds. The van der Waals surface area contributed by atoms with E-state index in [2.05, 4.69) is 33.2 Å². The molecule has 1 aliphatic heterocycles. The van der Waals surface area contributed by atoms with E-state index in [9.17, 15) is 0 Å². The Kier molecular flexibility index (Phi) is 5.13. The van der Waals surface area contributed by atoms with Crippen LogP contribution in [0.1, 0.15) is 32.6 Å². The van der Waals surface area contributed by atoms with Gasteiger partial charge in [0.2, 0.25) is 5.95 Å². The predicted octanol–water partition coefficient (Wildman–Crippen LogP) is 1.74. The minimum absolute atomic E-state index is 0.151. The molecule has 6 nitrogen and oxygen atoms in total. The van der Waals surface area contributed by atoms with Crippen LogP contribution in [-0.4, -0.2) is 48.4 Å². The number of nitrogens with zero attached hydrogens (tertiary/aromatic N) is 3. The molecule has 6 heteroatoms. The van der Waals surface area contributed by atoms with Gasteiger partial charge in [-0.15, -0.1) is 0 Å². The lowest BCUT2D eigenvalue weighted by Gasteiger charge is -2.26. The molecule has 23 heavy (non-hydrogen) atoms. The van der Waals surface area contributed by atoms with Crippen molar-refractivity contribution in [3.63, 3.8) is 0 Å². The lowest BCUT2D eigenvalue weighted by atomic mass is 9.94. The van der Waals surface area contributed by atoms with Crippen molar-refractivity contribution in [1.29, 1.82) is 0 Å². The quantitative estimate of drug-likeness (QED) is 0.806. The van der Waals surface area contributed by atoms with Gasteiger partial charge in [-0.2, -0.15) is 4.98 Å². The summed E-state index contributed by atoms with van der Waals surface area (Å²) in [6.07, 6.45) is 9.32. The van der Waals surface area contributed by atoms with Crippen LogP contribution in [0.2, 0.25) is 0 Å². The van der Waals surface area contributed by atoms with E-state index < -0.39 is 0 Å². The summed E-state index contributed by atoms with van der Waals surface area (Å²) in [6, 6.07) is 2.58. The van der Waals surface area contributed by atoms with Crippen LogP contribution >= 0.6 is 0 Å². The van der Waals surface area contributed by atoms with E-state index in [4.69, 9.17) is 10.5 Å². The minimum atomic E-state index is 0.151. The average molecular weight is 317 g/mol. The number of aromatic nitrogens is 2. The van der Waals surface area contributed by atoms with Crippen molar-refractivity contribution in [1.82, 2.24) is 15.3 Å². The monoisotopic (exact) mass is 317 g/mol. The van der Waals surface area contributed by atoms with Crippen molar-refractivity contribution in [2.24, 2.45) is 0 Å². The van der Waals surface area contributed by atoms with Crippen molar-refractivity contribution in [3.8, 4) is 0 Å². The van der Waals surface area contributed by atoms with Gasteiger partial charge in [-0.25, -0.2) is 4.98 Å². The molecular formula is C17H27N5O. The van der Waals surface area contributed by atoms with E-state index >= 15 is 0 Å². The van der Waals surface area contributed by atoms with Crippen LogP contribution in [0, 0.1) is 0 Å². The van der Waals surface area contributed by atoms with Gasteiger partial charge in [0, 0.05) is 32.4 Å². The van der Waals surface area contributed by atoms with Crippen LogP contribution in [0.4, 0.5) is 11.8 Å². The molecule has 0 saturated carbocycles. The van der Waals surface area contributed by atoms with Gasteiger partial charge in [0.25, 0.3) is 0 Å². The van der Waals surface area contributed by atoms with Crippen molar-refractivity contribution < 1.29 is 4.74 Å². The topological polar surface area (TPSA) is 76.3 Å². The minimum Gasteiger partial charge on any atom is -0.378 e. The summed E-state index contributed by atoms with van der Waals surface area (Å²) in [5.74, 6) is 1.18. The fraction of sp³-hybridized carbons (Fsp3) is 0.647. The van der Waals surface area contributed by atoms with E-state index in [0.717, 1.165) is 18.9 Å². The molecule has 3 N–H and O–H groups in total. The molecule has 2 heterocycles. The van der Waals surface area contributed by atoms with E-state index in [1.54, 1.807) is 13.3 Å². The fourth-order valence-electron chi connectivity index (χ4n) is 3.58. The van der Waals surface area contributed by atoms with Gasteiger partial charge >= 0.3 is 0 Å². The number of nitrogen functional groups attached to an aromatic ring is 1. The van der Waals surface area contributed by atoms with Gasteiger partial charge in [0.05, 0.1) is 12.1 Å². The summed E-state index contributed by atoms with van der Waals surface area (Å²) < 4.78 is 5.70. The molecule has 3 atom stereocenters. The Morgan fingerprint density at radius 2 is 2.26 bits per heavy atom.